The number of hydrogen-bond donors (Lipinski definition) is 3. The van der Waals surface area contributed by atoms with Crippen molar-refractivity contribution < 1.29 is 14.4 Å². The number of carbonyl (C=O) groups excluding carboxylic acids is 3. The largest absolute Gasteiger partial charge is 0.361 e. The number of carbonyl (C=O) groups is 3. The van der Waals surface area contributed by atoms with Crippen molar-refractivity contribution in [3.05, 3.63) is 102 Å². The Morgan fingerprint density at radius 2 is 1.59 bits per heavy atom. The quantitative estimate of drug-likeness (QED) is 0.374. The van der Waals surface area contributed by atoms with Crippen LogP contribution in [-0.4, -0.2) is 40.2 Å². The smallest absolute Gasteiger partial charge is 0.250 e. The van der Waals surface area contributed by atoms with E-state index >= 15 is 0 Å². The highest BCUT2D eigenvalue weighted by atomic mass is 16.2. The Hall–Kier alpha value is -4.23. The van der Waals surface area contributed by atoms with Gasteiger partial charge < -0.3 is 10.3 Å². The first-order chi connectivity index (χ1) is 18.1. The lowest BCUT2D eigenvalue weighted by Gasteiger charge is -2.29. The van der Waals surface area contributed by atoms with E-state index in [2.05, 4.69) is 21.7 Å². The second kappa shape index (κ2) is 8.15. The molecular weight excluding hydrogens is 464 g/mol. The molecule has 3 N–H and O–H groups in total. The normalized spacial score (nSPS) is 26.2. The van der Waals surface area contributed by atoms with Crippen molar-refractivity contribution in [1.82, 2.24) is 15.2 Å². The van der Waals surface area contributed by atoms with E-state index in [4.69, 9.17) is 0 Å². The Kier molecular flexibility index (Phi) is 4.84. The predicted octanol–water partition coefficient (Wildman–Crippen LogP) is 3.37. The van der Waals surface area contributed by atoms with Crippen molar-refractivity contribution in [2.24, 2.45) is 11.8 Å². The first-order valence-electron chi connectivity index (χ1n) is 12.7. The van der Waals surface area contributed by atoms with Crippen LogP contribution in [0.5, 0.6) is 0 Å². The Morgan fingerprint density at radius 3 is 2.46 bits per heavy atom. The van der Waals surface area contributed by atoms with E-state index in [-0.39, 0.29) is 23.8 Å². The summed E-state index contributed by atoms with van der Waals surface area (Å²) in [5, 5.41) is 7.59. The van der Waals surface area contributed by atoms with Gasteiger partial charge in [0.25, 0.3) is 0 Å². The van der Waals surface area contributed by atoms with Gasteiger partial charge in [-0.2, -0.15) is 0 Å². The summed E-state index contributed by atoms with van der Waals surface area (Å²) in [7, 11) is 0. The highest BCUT2D eigenvalue weighted by Gasteiger charge is 2.70. The number of H-pyrrole nitrogens is 1. The Morgan fingerprint density at radius 1 is 0.838 bits per heavy atom. The third-order valence-electron chi connectivity index (χ3n) is 8.30. The van der Waals surface area contributed by atoms with Crippen LogP contribution in [0.4, 0.5) is 5.69 Å². The van der Waals surface area contributed by atoms with E-state index < -0.39 is 17.4 Å². The van der Waals surface area contributed by atoms with Crippen molar-refractivity contribution in [3.63, 3.8) is 0 Å². The van der Waals surface area contributed by atoms with Gasteiger partial charge in [-0.15, -0.1) is 0 Å². The van der Waals surface area contributed by atoms with Gasteiger partial charge in [0.05, 0.1) is 11.8 Å². The van der Waals surface area contributed by atoms with Crippen LogP contribution in [-0.2, 0) is 32.8 Å². The van der Waals surface area contributed by atoms with Crippen molar-refractivity contribution in [3.8, 4) is 0 Å². The lowest BCUT2D eigenvalue weighted by atomic mass is 9.76. The van der Waals surface area contributed by atoms with Crippen LogP contribution in [0.1, 0.15) is 16.7 Å². The molecule has 4 atom stereocenters. The van der Waals surface area contributed by atoms with Crippen molar-refractivity contribution in [1.29, 1.82) is 0 Å². The number of imide groups is 1. The highest BCUT2D eigenvalue weighted by molar-refractivity contribution is 6.15. The van der Waals surface area contributed by atoms with Gasteiger partial charge in [0.2, 0.25) is 17.7 Å². The molecule has 1 spiro atoms. The molecule has 37 heavy (non-hydrogen) atoms. The fraction of sp³-hybridized carbons (Fsp3) is 0.233. The van der Waals surface area contributed by atoms with Crippen LogP contribution in [0.15, 0.2) is 85.1 Å². The van der Waals surface area contributed by atoms with Gasteiger partial charge in [0.15, 0.2) is 0 Å². The molecule has 0 radical (unpaired) electrons. The molecule has 4 aromatic rings. The summed E-state index contributed by atoms with van der Waals surface area (Å²) >= 11 is 0. The maximum absolute atomic E-state index is 14.0. The minimum Gasteiger partial charge on any atom is -0.361 e. The number of rotatable bonds is 5. The topological polar surface area (TPSA) is 94.3 Å². The zero-order chi connectivity index (χ0) is 25.1. The van der Waals surface area contributed by atoms with E-state index in [9.17, 15) is 14.4 Å². The third-order valence-corrected chi connectivity index (χ3v) is 8.30. The highest BCUT2D eigenvalue weighted by Crippen LogP contribution is 2.53. The number of para-hydroxylation sites is 2. The molecule has 184 valence electrons. The zero-order valence-corrected chi connectivity index (χ0v) is 20.1. The van der Waals surface area contributed by atoms with Gasteiger partial charge in [-0.3, -0.25) is 24.6 Å². The fourth-order valence-corrected chi connectivity index (χ4v) is 6.64. The molecule has 3 aliphatic heterocycles. The summed E-state index contributed by atoms with van der Waals surface area (Å²) in [5.41, 5.74) is 3.29. The lowest BCUT2D eigenvalue weighted by molar-refractivity contribution is -0.142. The molecule has 0 saturated carbocycles. The van der Waals surface area contributed by atoms with E-state index in [1.165, 1.54) is 4.90 Å². The van der Waals surface area contributed by atoms with E-state index in [1.807, 2.05) is 79.0 Å². The Bertz CT molecular complexity index is 1560. The van der Waals surface area contributed by atoms with Crippen LogP contribution >= 0.6 is 0 Å². The monoisotopic (exact) mass is 490 g/mol. The van der Waals surface area contributed by atoms with E-state index in [0.29, 0.717) is 25.1 Å². The number of aromatic amines is 1. The number of aromatic nitrogens is 1. The lowest BCUT2D eigenvalue weighted by Crippen LogP contribution is -2.53. The number of hydrogen-bond acceptors (Lipinski definition) is 4. The molecule has 3 aromatic carbocycles. The number of nitrogens with zero attached hydrogens (tertiary/aromatic N) is 1. The Balaban J connectivity index is 1.29. The molecule has 7 heteroatoms. The number of nitrogens with one attached hydrogen (secondary N) is 3. The van der Waals surface area contributed by atoms with Crippen molar-refractivity contribution in [2.45, 2.75) is 24.4 Å². The molecular formula is C30H26N4O3. The molecule has 7 rings (SSSR count). The number of anilines is 1. The number of benzene rings is 3. The molecule has 2 fully saturated rings. The molecule has 0 aliphatic carbocycles. The molecule has 4 unspecified atom stereocenters. The van der Waals surface area contributed by atoms with Crippen molar-refractivity contribution in [2.75, 3.05) is 11.9 Å². The molecule has 4 heterocycles. The zero-order valence-electron chi connectivity index (χ0n) is 20.1. The molecule has 0 bridgehead atoms. The van der Waals surface area contributed by atoms with Gasteiger partial charge in [0, 0.05) is 40.9 Å². The second-order valence-corrected chi connectivity index (χ2v) is 10.2. The van der Waals surface area contributed by atoms with Gasteiger partial charge in [0.1, 0.15) is 5.54 Å². The SMILES string of the molecule is O=C1C2C(Cc3c[nH]c4ccccc34)NC3(C(=O)Nc4ccccc43)C2C(=O)N1CCc1ccccc1. The summed E-state index contributed by atoms with van der Waals surface area (Å²) in [6.07, 6.45) is 3.06. The first kappa shape index (κ1) is 22.0. The van der Waals surface area contributed by atoms with Crippen molar-refractivity contribution >= 4 is 34.3 Å². The first-order valence-corrected chi connectivity index (χ1v) is 12.7. The summed E-state index contributed by atoms with van der Waals surface area (Å²) in [4.78, 5) is 46.2. The minimum absolute atomic E-state index is 0.197. The van der Waals surface area contributed by atoms with E-state index in [0.717, 1.165) is 27.6 Å². The van der Waals surface area contributed by atoms with Crippen LogP contribution < -0.4 is 10.6 Å². The molecule has 7 nitrogen and oxygen atoms in total. The molecule has 3 aliphatic rings. The average Bonchev–Trinajstić information content (AvgIpc) is 3.63. The summed E-state index contributed by atoms with van der Waals surface area (Å²) in [6, 6.07) is 25.0. The number of fused-ring (bicyclic) bond motifs is 5. The van der Waals surface area contributed by atoms with E-state index in [1.54, 1.807) is 0 Å². The molecule has 3 amide bonds. The molecule has 2 saturated heterocycles. The van der Waals surface area contributed by atoms with Crippen LogP contribution in [0.2, 0.25) is 0 Å². The minimum atomic E-state index is -1.27. The van der Waals surface area contributed by atoms with Gasteiger partial charge in [-0.1, -0.05) is 66.7 Å². The second-order valence-electron chi connectivity index (χ2n) is 10.2. The maximum Gasteiger partial charge on any atom is 0.250 e. The molecule has 1 aromatic heterocycles. The summed E-state index contributed by atoms with van der Waals surface area (Å²) in [6.45, 7) is 0.299. The van der Waals surface area contributed by atoms with Gasteiger partial charge in [-0.25, -0.2) is 0 Å². The van der Waals surface area contributed by atoms with Crippen LogP contribution in [0.25, 0.3) is 10.9 Å². The number of likely N-dealkylation sites (tertiary alicyclic amines) is 1. The third kappa shape index (κ3) is 3.13. The number of amides is 3. The van der Waals surface area contributed by atoms with Crippen LogP contribution in [0.3, 0.4) is 0 Å². The standard InChI is InChI=1S/C30H26N4O3/c35-27-25-24(16-19-17-31-22-12-6-4-10-20(19)22)33-30(21-11-5-7-13-23(21)32-29(30)37)26(25)28(36)34(27)15-14-18-8-2-1-3-9-18/h1-13,17,24-26,31,33H,14-16H2,(H,32,37). The summed E-state index contributed by atoms with van der Waals surface area (Å²) in [5.74, 6) is -2.16. The van der Waals surface area contributed by atoms with Gasteiger partial charge >= 0.3 is 0 Å². The predicted molar refractivity (Wildman–Crippen MR) is 140 cm³/mol. The van der Waals surface area contributed by atoms with Gasteiger partial charge in [-0.05, 0) is 36.1 Å². The maximum atomic E-state index is 14.0. The summed E-state index contributed by atoms with van der Waals surface area (Å²) < 4.78 is 0. The fourth-order valence-electron chi connectivity index (χ4n) is 6.64. The Labute approximate surface area is 213 Å². The van der Waals surface area contributed by atoms with Crippen LogP contribution in [0, 0.1) is 11.8 Å². The average molecular weight is 491 g/mol.